The Bertz CT molecular complexity index is 172. The zero-order valence-electron chi connectivity index (χ0n) is 8.21. The lowest BCUT2D eigenvalue weighted by atomic mass is 10.1. The fourth-order valence-electron chi connectivity index (χ4n) is 1.54. The van der Waals surface area contributed by atoms with Crippen LogP contribution in [0.1, 0.15) is 13.3 Å². The summed E-state index contributed by atoms with van der Waals surface area (Å²) in [5, 5.41) is 3.11. The number of nitrogens with one attached hydrogen (secondary N) is 1. The molecule has 1 aliphatic heterocycles. The second-order valence-corrected chi connectivity index (χ2v) is 3.25. The van der Waals surface area contributed by atoms with E-state index in [1.54, 1.807) is 0 Å². The number of hydrogen-bond acceptors (Lipinski definition) is 4. The van der Waals surface area contributed by atoms with Crippen LogP contribution in [-0.2, 0) is 14.3 Å². The molecule has 1 unspecified atom stereocenters. The maximum Gasteiger partial charge on any atom is 0.322 e. The highest BCUT2D eigenvalue weighted by molar-refractivity contribution is 5.75. The zero-order valence-corrected chi connectivity index (χ0v) is 8.21. The number of carbonyl (C=O) groups is 1. The molecule has 0 aromatic carbocycles. The lowest BCUT2D eigenvalue weighted by Crippen LogP contribution is -2.31. The Morgan fingerprint density at radius 2 is 2.38 bits per heavy atom. The smallest absolute Gasteiger partial charge is 0.322 e. The van der Waals surface area contributed by atoms with Crippen molar-refractivity contribution in [3.8, 4) is 0 Å². The highest BCUT2D eigenvalue weighted by Crippen LogP contribution is 2.14. The maximum absolute atomic E-state index is 11.1. The van der Waals surface area contributed by atoms with E-state index in [4.69, 9.17) is 4.74 Å². The summed E-state index contributed by atoms with van der Waals surface area (Å²) in [6, 6.07) is -0.129. The first-order valence-electron chi connectivity index (χ1n) is 4.66. The molecule has 1 saturated heterocycles. The van der Waals surface area contributed by atoms with Gasteiger partial charge < -0.3 is 14.8 Å². The molecule has 0 aromatic heterocycles. The highest BCUT2D eigenvalue weighted by atomic mass is 16.5. The van der Waals surface area contributed by atoms with E-state index in [2.05, 4.69) is 10.1 Å². The van der Waals surface area contributed by atoms with Crippen LogP contribution in [0.4, 0.5) is 0 Å². The van der Waals surface area contributed by atoms with Crippen LogP contribution < -0.4 is 5.32 Å². The van der Waals surface area contributed by atoms with Gasteiger partial charge in [0.15, 0.2) is 0 Å². The third-order valence-corrected chi connectivity index (χ3v) is 2.27. The second-order valence-electron chi connectivity index (χ2n) is 3.25. The van der Waals surface area contributed by atoms with E-state index in [9.17, 15) is 4.79 Å². The van der Waals surface area contributed by atoms with Crippen LogP contribution in [-0.4, -0.2) is 38.9 Å². The monoisotopic (exact) mass is 187 g/mol. The molecule has 0 amide bonds. The molecule has 1 fully saturated rings. The van der Waals surface area contributed by atoms with E-state index in [-0.39, 0.29) is 12.0 Å². The van der Waals surface area contributed by atoms with Gasteiger partial charge in [-0.1, -0.05) is 0 Å². The molecule has 0 spiro atoms. The highest BCUT2D eigenvalue weighted by Gasteiger charge is 2.29. The molecular formula is C9H17NO3. The molecule has 0 aromatic rings. The number of hydrogen-bond donors (Lipinski definition) is 1. The third-order valence-electron chi connectivity index (χ3n) is 2.27. The fourth-order valence-corrected chi connectivity index (χ4v) is 1.54. The molecule has 0 radical (unpaired) electrons. The largest absolute Gasteiger partial charge is 0.468 e. The molecule has 0 saturated carbocycles. The number of esters is 1. The molecule has 1 N–H and O–H groups in total. The Labute approximate surface area is 78.6 Å². The Morgan fingerprint density at radius 3 is 3.00 bits per heavy atom. The average Bonchev–Trinajstić information content (AvgIpc) is 2.62. The van der Waals surface area contributed by atoms with Crippen LogP contribution in [0.5, 0.6) is 0 Å². The number of carbonyl (C=O) groups excluding carboxylic acids is 1. The standard InChI is InChI=1S/C9H17NO3/c1-3-13-6-7-4-8(10-5-7)9(11)12-2/h7-8,10H,3-6H2,1-2H3/t7?,8-/m0/s1. The second kappa shape index (κ2) is 5.19. The number of rotatable bonds is 4. The van der Waals surface area contributed by atoms with Crippen molar-refractivity contribution in [3.05, 3.63) is 0 Å². The minimum atomic E-state index is -0.168. The van der Waals surface area contributed by atoms with Crippen molar-refractivity contribution in [3.63, 3.8) is 0 Å². The quantitative estimate of drug-likeness (QED) is 0.637. The van der Waals surface area contributed by atoms with Gasteiger partial charge in [0.05, 0.1) is 13.7 Å². The van der Waals surface area contributed by atoms with E-state index in [1.807, 2.05) is 6.92 Å². The van der Waals surface area contributed by atoms with Crippen LogP contribution in [0.15, 0.2) is 0 Å². The van der Waals surface area contributed by atoms with Crippen molar-refractivity contribution in [1.82, 2.24) is 5.32 Å². The summed E-state index contributed by atoms with van der Waals surface area (Å²) in [6.45, 7) is 4.29. The molecule has 1 rings (SSSR count). The van der Waals surface area contributed by atoms with Gasteiger partial charge in [0, 0.05) is 13.2 Å². The topological polar surface area (TPSA) is 47.6 Å². The molecule has 1 aliphatic rings. The van der Waals surface area contributed by atoms with Gasteiger partial charge in [-0.15, -0.1) is 0 Å². The normalized spacial score (nSPS) is 27.5. The van der Waals surface area contributed by atoms with Crippen LogP contribution in [0.3, 0.4) is 0 Å². The van der Waals surface area contributed by atoms with Gasteiger partial charge in [-0.05, 0) is 19.3 Å². The first kappa shape index (κ1) is 10.5. The SMILES string of the molecule is CCOCC1CN[C@H](C(=O)OC)C1. The van der Waals surface area contributed by atoms with Gasteiger partial charge in [0.1, 0.15) is 6.04 Å². The first-order valence-corrected chi connectivity index (χ1v) is 4.66. The van der Waals surface area contributed by atoms with Crippen molar-refractivity contribution in [1.29, 1.82) is 0 Å². The van der Waals surface area contributed by atoms with Crippen molar-refractivity contribution in [2.75, 3.05) is 26.9 Å². The summed E-state index contributed by atoms with van der Waals surface area (Å²) < 4.78 is 9.93. The molecule has 76 valence electrons. The predicted octanol–water partition coefficient (Wildman–Crippen LogP) is 0.174. The molecule has 4 nitrogen and oxygen atoms in total. The van der Waals surface area contributed by atoms with Gasteiger partial charge in [-0.25, -0.2) is 0 Å². The summed E-state index contributed by atoms with van der Waals surface area (Å²) >= 11 is 0. The van der Waals surface area contributed by atoms with Gasteiger partial charge in [0.25, 0.3) is 0 Å². The van der Waals surface area contributed by atoms with E-state index in [1.165, 1.54) is 7.11 Å². The molecule has 0 aliphatic carbocycles. The Morgan fingerprint density at radius 1 is 1.62 bits per heavy atom. The lowest BCUT2D eigenvalue weighted by molar-refractivity contribution is -0.142. The zero-order chi connectivity index (χ0) is 9.68. The third kappa shape index (κ3) is 2.97. The Balaban J connectivity index is 2.23. The summed E-state index contributed by atoms with van der Waals surface area (Å²) in [5.74, 6) is 0.281. The van der Waals surface area contributed by atoms with Crippen molar-refractivity contribution in [2.24, 2.45) is 5.92 Å². The van der Waals surface area contributed by atoms with Crippen LogP contribution >= 0.6 is 0 Å². The van der Waals surface area contributed by atoms with Crippen molar-refractivity contribution >= 4 is 5.97 Å². The molecule has 0 bridgehead atoms. The molecule has 4 heteroatoms. The first-order chi connectivity index (χ1) is 6.27. The fraction of sp³-hybridized carbons (Fsp3) is 0.889. The Hall–Kier alpha value is -0.610. The average molecular weight is 187 g/mol. The summed E-state index contributed by atoms with van der Waals surface area (Å²) in [4.78, 5) is 11.1. The van der Waals surface area contributed by atoms with Gasteiger partial charge in [0.2, 0.25) is 0 Å². The van der Waals surface area contributed by atoms with Crippen LogP contribution in [0.25, 0.3) is 0 Å². The van der Waals surface area contributed by atoms with Crippen LogP contribution in [0.2, 0.25) is 0 Å². The molecule has 13 heavy (non-hydrogen) atoms. The van der Waals surface area contributed by atoms with E-state index >= 15 is 0 Å². The maximum atomic E-state index is 11.1. The van der Waals surface area contributed by atoms with Gasteiger partial charge in [-0.2, -0.15) is 0 Å². The summed E-state index contributed by atoms with van der Waals surface area (Å²) in [5.41, 5.74) is 0. The predicted molar refractivity (Wildman–Crippen MR) is 48.4 cm³/mol. The van der Waals surface area contributed by atoms with Crippen molar-refractivity contribution in [2.45, 2.75) is 19.4 Å². The minimum absolute atomic E-state index is 0.129. The van der Waals surface area contributed by atoms with Gasteiger partial charge >= 0.3 is 5.97 Å². The van der Waals surface area contributed by atoms with Gasteiger partial charge in [-0.3, -0.25) is 4.79 Å². The summed E-state index contributed by atoms with van der Waals surface area (Å²) in [7, 11) is 1.42. The van der Waals surface area contributed by atoms with E-state index < -0.39 is 0 Å². The van der Waals surface area contributed by atoms with E-state index in [0.29, 0.717) is 5.92 Å². The van der Waals surface area contributed by atoms with Crippen molar-refractivity contribution < 1.29 is 14.3 Å². The van der Waals surface area contributed by atoms with Crippen LogP contribution in [0, 0.1) is 5.92 Å². The molecule has 1 heterocycles. The molecular weight excluding hydrogens is 170 g/mol. The Kier molecular flexibility index (Phi) is 4.18. The minimum Gasteiger partial charge on any atom is -0.468 e. The van der Waals surface area contributed by atoms with E-state index in [0.717, 1.165) is 26.2 Å². The number of methoxy groups -OCH3 is 1. The lowest BCUT2D eigenvalue weighted by Gasteiger charge is -2.08. The number of ether oxygens (including phenoxy) is 2. The summed E-state index contributed by atoms with van der Waals surface area (Å²) in [6.07, 6.45) is 0.826. The molecule has 2 atom stereocenters.